The zero-order chi connectivity index (χ0) is 32.6. The molecule has 0 amide bonds. The number of aromatic nitrogens is 1. The van der Waals surface area contributed by atoms with Gasteiger partial charge in [0.2, 0.25) is 5.89 Å². The van der Waals surface area contributed by atoms with E-state index in [4.69, 9.17) is 9.40 Å². The fraction of sp³-hybridized carbons (Fsp3) is 0. The summed E-state index contributed by atoms with van der Waals surface area (Å²) in [5, 5.41) is 4.41. The highest BCUT2D eigenvalue weighted by Gasteiger charge is 2.23. The summed E-state index contributed by atoms with van der Waals surface area (Å²) >= 11 is 0. The average Bonchev–Trinajstić information content (AvgIpc) is 3.61. The number of nitrogens with zero attached hydrogens (tertiary/aromatic N) is 3. The molecule has 4 heteroatoms. The molecule has 0 fully saturated rings. The van der Waals surface area contributed by atoms with Crippen LogP contribution in [0.15, 0.2) is 192 Å². The van der Waals surface area contributed by atoms with Gasteiger partial charge < -0.3 is 14.2 Å². The predicted molar refractivity (Wildman–Crippen MR) is 204 cm³/mol. The first-order valence-corrected chi connectivity index (χ1v) is 16.5. The molecule has 0 aliphatic carbocycles. The Morgan fingerprint density at radius 3 is 1.59 bits per heavy atom. The highest BCUT2D eigenvalue weighted by molar-refractivity contribution is 6.22. The summed E-state index contributed by atoms with van der Waals surface area (Å²) in [7, 11) is 0. The highest BCUT2D eigenvalue weighted by atomic mass is 16.3. The van der Waals surface area contributed by atoms with E-state index in [0.717, 1.165) is 72.3 Å². The quantitative estimate of drug-likeness (QED) is 0.164. The standard InChI is InChI=1S/C45H31N3O/c1-5-17-33(18-6-1)45-46-41-31-42(40-29-28-32-16-13-14-27-39(32)43(40)44(41)49-45)48(36-23-11-4-12-24-36)38-26-15-25-37(30-38)47(34-19-7-2-8-20-34)35-21-9-3-10-22-35/h1-31H. The van der Waals surface area contributed by atoms with Gasteiger partial charge in [-0.25, -0.2) is 4.98 Å². The van der Waals surface area contributed by atoms with Crippen LogP contribution in [-0.2, 0) is 0 Å². The number of hydrogen-bond acceptors (Lipinski definition) is 4. The van der Waals surface area contributed by atoms with Gasteiger partial charge in [0.25, 0.3) is 0 Å². The fourth-order valence-electron chi connectivity index (χ4n) is 6.81. The van der Waals surface area contributed by atoms with Gasteiger partial charge in [-0.2, -0.15) is 0 Å². The lowest BCUT2D eigenvalue weighted by Gasteiger charge is -2.30. The molecular weight excluding hydrogens is 599 g/mol. The Morgan fingerprint density at radius 1 is 0.408 bits per heavy atom. The smallest absolute Gasteiger partial charge is 0.227 e. The van der Waals surface area contributed by atoms with E-state index in [2.05, 4.69) is 168 Å². The molecule has 0 spiro atoms. The fourth-order valence-corrected chi connectivity index (χ4v) is 6.81. The lowest BCUT2D eigenvalue weighted by molar-refractivity contribution is 0.623. The first kappa shape index (κ1) is 28.6. The molecule has 0 N–H and O–H groups in total. The average molecular weight is 630 g/mol. The lowest BCUT2D eigenvalue weighted by atomic mass is 9.98. The number of oxazole rings is 1. The molecular formula is C45H31N3O. The SMILES string of the molecule is c1ccc(-c2nc3cc(N(c4ccccc4)c4cccc(N(c5ccccc5)c5ccccc5)c4)c4ccc5ccccc5c4c3o2)cc1. The summed E-state index contributed by atoms with van der Waals surface area (Å²) in [5.41, 5.74) is 8.88. The molecule has 8 aromatic carbocycles. The largest absolute Gasteiger partial charge is 0.435 e. The van der Waals surface area contributed by atoms with Crippen LogP contribution in [0.1, 0.15) is 0 Å². The third kappa shape index (κ3) is 5.16. The molecule has 1 heterocycles. The van der Waals surface area contributed by atoms with Crippen LogP contribution in [0.25, 0.3) is 44.1 Å². The van der Waals surface area contributed by atoms with E-state index in [9.17, 15) is 0 Å². The maximum atomic E-state index is 6.63. The second-order valence-corrected chi connectivity index (χ2v) is 12.0. The van der Waals surface area contributed by atoms with E-state index in [-0.39, 0.29) is 0 Å². The summed E-state index contributed by atoms with van der Waals surface area (Å²) in [4.78, 5) is 9.73. The summed E-state index contributed by atoms with van der Waals surface area (Å²) in [6.45, 7) is 0. The van der Waals surface area contributed by atoms with Gasteiger partial charge in [0.15, 0.2) is 5.58 Å². The molecule has 0 atom stereocenters. The van der Waals surface area contributed by atoms with E-state index in [1.807, 2.05) is 30.3 Å². The van der Waals surface area contributed by atoms with Crippen molar-refractivity contribution < 1.29 is 4.42 Å². The Balaban J connectivity index is 1.31. The van der Waals surface area contributed by atoms with Crippen LogP contribution in [0.2, 0.25) is 0 Å². The Hall–Kier alpha value is -6.65. The maximum Gasteiger partial charge on any atom is 0.227 e. The molecule has 0 bridgehead atoms. The molecule has 0 radical (unpaired) electrons. The van der Waals surface area contributed by atoms with Crippen LogP contribution in [0.4, 0.5) is 34.1 Å². The second kappa shape index (κ2) is 12.2. The Morgan fingerprint density at radius 2 is 0.939 bits per heavy atom. The molecule has 4 nitrogen and oxygen atoms in total. The maximum absolute atomic E-state index is 6.63. The van der Waals surface area contributed by atoms with Gasteiger partial charge in [-0.05, 0) is 83.6 Å². The van der Waals surface area contributed by atoms with Crippen LogP contribution in [0.5, 0.6) is 0 Å². The van der Waals surface area contributed by atoms with Gasteiger partial charge in [-0.15, -0.1) is 0 Å². The zero-order valence-electron chi connectivity index (χ0n) is 26.6. The monoisotopic (exact) mass is 629 g/mol. The van der Waals surface area contributed by atoms with E-state index in [1.54, 1.807) is 0 Å². The first-order chi connectivity index (χ1) is 24.3. The van der Waals surface area contributed by atoms with Crippen molar-refractivity contribution >= 4 is 66.8 Å². The van der Waals surface area contributed by atoms with Crippen molar-refractivity contribution in [1.82, 2.24) is 4.98 Å². The number of anilines is 6. The zero-order valence-corrected chi connectivity index (χ0v) is 26.6. The van der Waals surface area contributed by atoms with Crippen molar-refractivity contribution in [3.63, 3.8) is 0 Å². The van der Waals surface area contributed by atoms with Gasteiger partial charge in [0.05, 0.1) is 5.69 Å². The van der Waals surface area contributed by atoms with Crippen molar-refractivity contribution in [2.75, 3.05) is 9.80 Å². The Bertz CT molecular complexity index is 2510. The molecule has 9 aromatic rings. The van der Waals surface area contributed by atoms with Gasteiger partial charge in [0, 0.05) is 44.8 Å². The Kier molecular flexibility index (Phi) is 7.10. The number of rotatable bonds is 7. The molecule has 0 saturated carbocycles. The highest BCUT2D eigenvalue weighted by Crippen LogP contribution is 2.46. The van der Waals surface area contributed by atoms with Gasteiger partial charge in [-0.3, -0.25) is 0 Å². The third-order valence-electron chi connectivity index (χ3n) is 9.01. The van der Waals surface area contributed by atoms with Crippen molar-refractivity contribution in [1.29, 1.82) is 0 Å². The van der Waals surface area contributed by atoms with Crippen LogP contribution in [-0.4, -0.2) is 4.98 Å². The minimum atomic E-state index is 0.608. The van der Waals surface area contributed by atoms with Crippen LogP contribution < -0.4 is 9.80 Å². The third-order valence-corrected chi connectivity index (χ3v) is 9.01. The van der Waals surface area contributed by atoms with Gasteiger partial charge in [0.1, 0.15) is 5.52 Å². The van der Waals surface area contributed by atoms with E-state index < -0.39 is 0 Å². The molecule has 1 aromatic heterocycles. The number of hydrogen-bond donors (Lipinski definition) is 0. The van der Waals surface area contributed by atoms with E-state index >= 15 is 0 Å². The van der Waals surface area contributed by atoms with E-state index in [0.29, 0.717) is 5.89 Å². The summed E-state index contributed by atoms with van der Waals surface area (Å²) in [5.74, 6) is 0.608. The molecule has 0 saturated heterocycles. The first-order valence-electron chi connectivity index (χ1n) is 16.5. The topological polar surface area (TPSA) is 32.5 Å². The van der Waals surface area contributed by atoms with Crippen molar-refractivity contribution in [3.05, 3.63) is 188 Å². The minimum absolute atomic E-state index is 0.608. The molecule has 0 unspecified atom stereocenters. The van der Waals surface area contributed by atoms with Crippen LogP contribution >= 0.6 is 0 Å². The second-order valence-electron chi connectivity index (χ2n) is 12.0. The summed E-state index contributed by atoms with van der Waals surface area (Å²) < 4.78 is 6.63. The molecule has 49 heavy (non-hydrogen) atoms. The van der Waals surface area contributed by atoms with Gasteiger partial charge in [-0.1, -0.05) is 115 Å². The number of fused-ring (bicyclic) bond motifs is 5. The van der Waals surface area contributed by atoms with Crippen molar-refractivity contribution in [3.8, 4) is 11.5 Å². The summed E-state index contributed by atoms with van der Waals surface area (Å²) in [6, 6.07) is 65.6. The van der Waals surface area contributed by atoms with Crippen LogP contribution in [0.3, 0.4) is 0 Å². The molecule has 0 aliphatic rings. The molecule has 9 rings (SSSR count). The van der Waals surface area contributed by atoms with E-state index in [1.165, 1.54) is 0 Å². The molecule has 232 valence electrons. The van der Waals surface area contributed by atoms with Gasteiger partial charge >= 0.3 is 0 Å². The molecule has 0 aliphatic heterocycles. The van der Waals surface area contributed by atoms with Crippen LogP contribution in [0, 0.1) is 0 Å². The van der Waals surface area contributed by atoms with Crippen molar-refractivity contribution in [2.45, 2.75) is 0 Å². The Labute approximate surface area is 284 Å². The normalized spacial score (nSPS) is 11.3. The predicted octanol–water partition coefficient (Wildman–Crippen LogP) is 12.7. The van der Waals surface area contributed by atoms with Crippen molar-refractivity contribution in [2.24, 2.45) is 0 Å². The summed E-state index contributed by atoms with van der Waals surface area (Å²) in [6.07, 6.45) is 0. The number of para-hydroxylation sites is 3. The minimum Gasteiger partial charge on any atom is -0.435 e. The lowest BCUT2D eigenvalue weighted by Crippen LogP contribution is -2.13. The number of benzene rings is 8.